The van der Waals surface area contributed by atoms with Gasteiger partial charge in [0.1, 0.15) is 0 Å². The molecule has 1 N–H and O–H groups in total. The van der Waals surface area contributed by atoms with E-state index >= 15 is 0 Å². The number of hydrogen-bond donors (Lipinski definition) is 1. The number of para-hydroxylation sites is 1. The van der Waals surface area contributed by atoms with E-state index in [9.17, 15) is 4.79 Å². The summed E-state index contributed by atoms with van der Waals surface area (Å²) in [5.74, 6) is 0.557. The molecule has 0 radical (unpaired) electrons. The number of nitrogens with zero attached hydrogens (tertiary/aromatic N) is 4. The summed E-state index contributed by atoms with van der Waals surface area (Å²) in [4.78, 5) is 26.0. The van der Waals surface area contributed by atoms with Gasteiger partial charge in [-0.1, -0.05) is 35.9 Å². The summed E-state index contributed by atoms with van der Waals surface area (Å²) >= 11 is 0. The maximum Gasteiger partial charge on any atom is 0.256 e. The molecular formula is C23H25N5O. The van der Waals surface area contributed by atoms with Gasteiger partial charge in [0.05, 0.1) is 18.1 Å². The highest BCUT2D eigenvalue weighted by Gasteiger charge is 2.19. The monoisotopic (exact) mass is 387 g/mol. The van der Waals surface area contributed by atoms with Crippen molar-refractivity contribution in [3.63, 3.8) is 0 Å². The molecule has 6 heteroatoms. The fraction of sp³-hybridized carbons (Fsp3) is 0.261. The number of aryl methyl sites for hydroxylation is 2. The van der Waals surface area contributed by atoms with Crippen molar-refractivity contribution < 1.29 is 4.79 Å². The number of amides is 1. The highest BCUT2D eigenvalue weighted by Crippen LogP contribution is 2.19. The smallest absolute Gasteiger partial charge is 0.256 e. The Balaban J connectivity index is 1.37. The Morgan fingerprint density at radius 3 is 2.24 bits per heavy atom. The number of carbonyl (C=O) groups is 1. The normalized spacial score (nSPS) is 14.0. The van der Waals surface area contributed by atoms with Crippen LogP contribution in [0.3, 0.4) is 0 Å². The van der Waals surface area contributed by atoms with Gasteiger partial charge in [-0.25, -0.2) is 9.97 Å². The van der Waals surface area contributed by atoms with Crippen molar-refractivity contribution in [1.29, 1.82) is 0 Å². The molecule has 148 valence electrons. The maximum absolute atomic E-state index is 12.6. The Bertz CT molecular complexity index is 980. The predicted molar refractivity (Wildman–Crippen MR) is 117 cm³/mol. The van der Waals surface area contributed by atoms with Crippen LogP contribution in [0.25, 0.3) is 0 Å². The topological polar surface area (TPSA) is 61.4 Å². The van der Waals surface area contributed by atoms with E-state index in [1.807, 2.05) is 38.1 Å². The fourth-order valence-electron chi connectivity index (χ4n) is 3.53. The molecule has 1 aromatic heterocycles. The van der Waals surface area contributed by atoms with Gasteiger partial charge in [-0.15, -0.1) is 0 Å². The van der Waals surface area contributed by atoms with Crippen LogP contribution in [0.1, 0.15) is 21.5 Å². The first-order valence-corrected chi connectivity index (χ1v) is 9.86. The largest absolute Gasteiger partial charge is 0.368 e. The molecule has 0 bridgehead atoms. The van der Waals surface area contributed by atoms with Crippen molar-refractivity contribution in [2.75, 3.05) is 41.3 Å². The van der Waals surface area contributed by atoms with Crippen LogP contribution in [-0.2, 0) is 0 Å². The van der Waals surface area contributed by atoms with Gasteiger partial charge in [-0.2, -0.15) is 0 Å². The third-order valence-corrected chi connectivity index (χ3v) is 5.22. The predicted octanol–water partition coefficient (Wildman–Crippen LogP) is 3.67. The first-order chi connectivity index (χ1) is 14.1. The molecule has 0 aliphatic carbocycles. The first-order valence-electron chi connectivity index (χ1n) is 9.86. The second-order valence-electron chi connectivity index (χ2n) is 7.35. The lowest BCUT2D eigenvalue weighted by molar-refractivity contribution is 0.102. The lowest BCUT2D eigenvalue weighted by atomic mass is 10.1. The minimum Gasteiger partial charge on any atom is -0.368 e. The fourth-order valence-corrected chi connectivity index (χ4v) is 3.53. The molecular weight excluding hydrogens is 362 g/mol. The number of nitrogens with one attached hydrogen (secondary N) is 1. The highest BCUT2D eigenvalue weighted by molar-refractivity contribution is 6.05. The average Bonchev–Trinajstić information content (AvgIpc) is 2.77. The summed E-state index contributed by atoms with van der Waals surface area (Å²) < 4.78 is 0. The van der Waals surface area contributed by atoms with Crippen LogP contribution in [-0.4, -0.2) is 42.1 Å². The van der Waals surface area contributed by atoms with E-state index in [0.717, 1.165) is 37.3 Å². The second kappa shape index (κ2) is 8.31. The molecule has 4 rings (SSSR count). The van der Waals surface area contributed by atoms with E-state index in [1.54, 1.807) is 12.4 Å². The summed E-state index contributed by atoms with van der Waals surface area (Å²) in [6.07, 6.45) is 3.35. The molecule has 0 saturated carbocycles. The summed E-state index contributed by atoms with van der Waals surface area (Å²) in [6.45, 7) is 7.50. The van der Waals surface area contributed by atoms with E-state index in [-0.39, 0.29) is 5.91 Å². The molecule has 6 nitrogen and oxygen atoms in total. The Labute approximate surface area is 171 Å². The second-order valence-corrected chi connectivity index (χ2v) is 7.35. The van der Waals surface area contributed by atoms with E-state index in [2.05, 4.69) is 49.4 Å². The van der Waals surface area contributed by atoms with Crippen LogP contribution in [0.5, 0.6) is 0 Å². The molecule has 0 spiro atoms. The minimum atomic E-state index is -0.140. The van der Waals surface area contributed by atoms with E-state index in [0.29, 0.717) is 17.2 Å². The lowest BCUT2D eigenvalue weighted by Crippen LogP contribution is -2.47. The van der Waals surface area contributed by atoms with Crippen LogP contribution in [0.4, 0.5) is 17.3 Å². The number of aromatic nitrogens is 2. The zero-order valence-electron chi connectivity index (χ0n) is 16.8. The molecule has 3 aromatic rings. The van der Waals surface area contributed by atoms with Crippen molar-refractivity contribution in [3.8, 4) is 0 Å². The Morgan fingerprint density at radius 1 is 0.897 bits per heavy atom. The number of carbonyl (C=O) groups excluding carboxylic acids is 1. The van der Waals surface area contributed by atoms with Gasteiger partial charge in [0.15, 0.2) is 0 Å². The molecule has 1 fully saturated rings. The SMILES string of the molecule is Cc1ccc(C)c(C(=O)Nc2cnc(N3CCN(c4ccccc4)CC3)nc2)c1. The molecule has 0 unspecified atom stereocenters. The summed E-state index contributed by atoms with van der Waals surface area (Å²) in [6, 6.07) is 16.3. The van der Waals surface area contributed by atoms with Gasteiger partial charge >= 0.3 is 0 Å². The van der Waals surface area contributed by atoms with Crippen LogP contribution in [0, 0.1) is 13.8 Å². The number of piperazine rings is 1. The minimum absolute atomic E-state index is 0.140. The van der Waals surface area contributed by atoms with Crippen molar-refractivity contribution in [3.05, 3.63) is 77.6 Å². The van der Waals surface area contributed by atoms with Gasteiger partial charge in [-0.05, 0) is 37.6 Å². The summed E-state index contributed by atoms with van der Waals surface area (Å²) in [7, 11) is 0. The van der Waals surface area contributed by atoms with Crippen LogP contribution in [0.15, 0.2) is 60.9 Å². The molecule has 1 amide bonds. The van der Waals surface area contributed by atoms with Crippen molar-refractivity contribution in [2.45, 2.75) is 13.8 Å². The Kier molecular flexibility index (Phi) is 5.42. The zero-order valence-corrected chi connectivity index (χ0v) is 16.8. The van der Waals surface area contributed by atoms with E-state index < -0.39 is 0 Å². The van der Waals surface area contributed by atoms with E-state index in [1.165, 1.54) is 5.69 Å². The summed E-state index contributed by atoms with van der Waals surface area (Å²) in [5, 5.41) is 2.89. The van der Waals surface area contributed by atoms with Crippen molar-refractivity contribution in [1.82, 2.24) is 9.97 Å². The van der Waals surface area contributed by atoms with Crippen LogP contribution in [0.2, 0.25) is 0 Å². The third-order valence-electron chi connectivity index (χ3n) is 5.22. The number of hydrogen-bond acceptors (Lipinski definition) is 5. The summed E-state index contributed by atoms with van der Waals surface area (Å²) in [5.41, 5.74) is 4.52. The molecule has 2 heterocycles. The highest BCUT2D eigenvalue weighted by atomic mass is 16.1. The van der Waals surface area contributed by atoms with Crippen molar-refractivity contribution >= 4 is 23.2 Å². The Morgan fingerprint density at radius 2 is 1.55 bits per heavy atom. The molecule has 1 aliphatic rings. The van der Waals surface area contributed by atoms with Gasteiger partial charge in [0.25, 0.3) is 5.91 Å². The van der Waals surface area contributed by atoms with Gasteiger partial charge in [-0.3, -0.25) is 4.79 Å². The maximum atomic E-state index is 12.6. The molecule has 1 aliphatic heterocycles. The van der Waals surface area contributed by atoms with Crippen molar-refractivity contribution in [2.24, 2.45) is 0 Å². The number of anilines is 3. The first kappa shape index (κ1) is 18.9. The molecule has 2 aromatic carbocycles. The zero-order chi connectivity index (χ0) is 20.2. The number of benzene rings is 2. The third kappa shape index (κ3) is 4.37. The molecule has 0 atom stereocenters. The van der Waals surface area contributed by atoms with E-state index in [4.69, 9.17) is 0 Å². The Hall–Kier alpha value is -3.41. The number of rotatable bonds is 4. The van der Waals surface area contributed by atoms with Gasteiger partial charge in [0.2, 0.25) is 5.95 Å². The molecule has 29 heavy (non-hydrogen) atoms. The van der Waals surface area contributed by atoms with Crippen LogP contribution >= 0.6 is 0 Å². The lowest BCUT2D eigenvalue weighted by Gasteiger charge is -2.36. The molecule has 1 saturated heterocycles. The average molecular weight is 387 g/mol. The van der Waals surface area contributed by atoms with Crippen LogP contribution < -0.4 is 15.1 Å². The standard InChI is InChI=1S/C23H25N5O/c1-17-8-9-18(2)21(14-17)22(29)26-19-15-24-23(25-16-19)28-12-10-27(11-13-28)20-6-4-3-5-7-20/h3-9,14-16H,10-13H2,1-2H3,(H,26,29). The van der Waals surface area contributed by atoms with Gasteiger partial charge in [0, 0.05) is 37.4 Å². The van der Waals surface area contributed by atoms with Gasteiger partial charge < -0.3 is 15.1 Å². The quantitative estimate of drug-likeness (QED) is 0.740.